The maximum absolute atomic E-state index is 12.5. The number of nitrogens with one attached hydrogen (secondary N) is 3. The van der Waals surface area contributed by atoms with Crippen LogP contribution in [0.15, 0.2) is 35.1 Å². The van der Waals surface area contributed by atoms with E-state index in [1.165, 1.54) is 11.0 Å². The molecule has 23 heavy (non-hydrogen) atoms. The highest BCUT2D eigenvalue weighted by molar-refractivity contribution is 6.05. The lowest BCUT2D eigenvalue weighted by molar-refractivity contribution is -0.941. The van der Waals surface area contributed by atoms with Gasteiger partial charge in [-0.25, -0.2) is 0 Å². The van der Waals surface area contributed by atoms with E-state index in [0.717, 1.165) is 11.9 Å². The molecule has 0 aliphatic rings. The SMILES string of the molecule is CC(C)[NH+](CCNC(=O)c1cc(=O)[nH]c2ccccc12)C(C)C. The molecule has 0 spiro atoms. The van der Waals surface area contributed by atoms with Gasteiger partial charge in [-0.2, -0.15) is 0 Å². The van der Waals surface area contributed by atoms with Gasteiger partial charge in [0.2, 0.25) is 5.56 Å². The van der Waals surface area contributed by atoms with Gasteiger partial charge < -0.3 is 15.2 Å². The quantitative estimate of drug-likeness (QED) is 0.743. The van der Waals surface area contributed by atoms with Crippen LogP contribution in [0.2, 0.25) is 0 Å². The normalized spacial score (nSPS) is 11.6. The van der Waals surface area contributed by atoms with Gasteiger partial charge in [0.25, 0.3) is 5.91 Å². The van der Waals surface area contributed by atoms with Gasteiger partial charge in [0.05, 0.1) is 30.7 Å². The minimum absolute atomic E-state index is 0.195. The summed E-state index contributed by atoms with van der Waals surface area (Å²) in [5.74, 6) is -0.195. The number of carbonyl (C=O) groups excluding carboxylic acids is 1. The Bertz CT molecular complexity index is 726. The van der Waals surface area contributed by atoms with Crippen LogP contribution in [0, 0.1) is 0 Å². The summed E-state index contributed by atoms with van der Waals surface area (Å²) in [6, 6.07) is 9.73. The first-order chi connectivity index (χ1) is 10.9. The van der Waals surface area contributed by atoms with Crippen molar-refractivity contribution in [3.63, 3.8) is 0 Å². The number of benzene rings is 1. The Morgan fingerprint density at radius 3 is 2.48 bits per heavy atom. The summed E-state index contributed by atoms with van der Waals surface area (Å²) in [6.45, 7) is 10.2. The van der Waals surface area contributed by atoms with Crippen molar-refractivity contribution in [3.8, 4) is 0 Å². The molecule has 5 nitrogen and oxygen atoms in total. The van der Waals surface area contributed by atoms with Crippen LogP contribution in [0.3, 0.4) is 0 Å². The molecule has 1 heterocycles. The second kappa shape index (κ2) is 7.42. The lowest BCUT2D eigenvalue weighted by atomic mass is 10.1. The van der Waals surface area contributed by atoms with Crippen molar-refractivity contribution in [3.05, 3.63) is 46.2 Å². The first-order valence-corrected chi connectivity index (χ1v) is 8.16. The molecule has 1 amide bonds. The molecular formula is C18H26N3O2+. The molecule has 3 N–H and O–H groups in total. The molecule has 2 rings (SSSR count). The smallest absolute Gasteiger partial charge is 0.252 e. The van der Waals surface area contributed by atoms with Gasteiger partial charge in [-0.15, -0.1) is 0 Å². The van der Waals surface area contributed by atoms with Gasteiger partial charge in [0.1, 0.15) is 0 Å². The number of pyridine rings is 1. The molecule has 5 heteroatoms. The number of aromatic nitrogens is 1. The fraction of sp³-hybridized carbons (Fsp3) is 0.444. The molecule has 1 aromatic heterocycles. The lowest BCUT2D eigenvalue weighted by Gasteiger charge is -2.27. The van der Waals surface area contributed by atoms with Crippen LogP contribution in [-0.2, 0) is 0 Å². The first-order valence-electron chi connectivity index (χ1n) is 8.16. The highest BCUT2D eigenvalue weighted by atomic mass is 16.2. The molecule has 0 unspecified atom stereocenters. The number of hydrogen-bond acceptors (Lipinski definition) is 2. The second-order valence-corrected chi connectivity index (χ2v) is 6.48. The molecule has 1 aromatic carbocycles. The molecule has 0 saturated heterocycles. The van der Waals surface area contributed by atoms with Crippen LogP contribution in [-0.4, -0.2) is 36.1 Å². The first kappa shape index (κ1) is 17.2. The topological polar surface area (TPSA) is 66.4 Å². The average Bonchev–Trinajstić information content (AvgIpc) is 2.49. The molecule has 2 aromatic rings. The Morgan fingerprint density at radius 1 is 1.17 bits per heavy atom. The molecule has 124 valence electrons. The van der Waals surface area contributed by atoms with Crippen LogP contribution in [0.5, 0.6) is 0 Å². The zero-order valence-electron chi connectivity index (χ0n) is 14.3. The van der Waals surface area contributed by atoms with Crippen molar-refractivity contribution in [2.75, 3.05) is 13.1 Å². The van der Waals surface area contributed by atoms with Crippen LogP contribution in [0.1, 0.15) is 38.1 Å². The van der Waals surface area contributed by atoms with E-state index in [0.29, 0.717) is 29.7 Å². The molecule has 0 aliphatic heterocycles. The molecule has 0 aliphatic carbocycles. The van der Waals surface area contributed by atoms with Crippen molar-refractivity contribution in [2.24, 2.45) is 0 Å². The molecule has 0 fully saturated rings. The number of H-pyrrole nitrogens is 1. The minimum Gasteiger partial charge on any atom is -0.346 e. The highest BCUT2D eigenvalue weighted by Crippen LogP contribution is 2.14. The van der Waals surface area contributed by atoms with E-state index in [4.69, 9.17) is 0 Å². The fourth-order valence-electron chi connectivity index (χ4n) is 3.05. The highest BCUT2D eigenvalue weighted by Gasteiger charge is 2.17. The summed E-state index contributed by atoms with van der Waals surface area (Å²) in [5.41, 5.74) is 0.854. The summed E-state index contributed by atoms with van der Waals surface area (Å²) in [4.78, 5) is 28.4. The predicted molar refractivity (Wildman–Crippen MR) is 93.0 cm³/mol. The number of hydrogen-bond donors (Lipinski definition) is 3. The van der Waals surface area contributed by atoms with E-state index >= 15 is 0 Å². The number of amides is 1. The third-order valence-corrected chi connectivity index (χ3v) is 4.18. The third-order valence-electron chi connectivity index (χ3n) is 4.18. The van der Waals surface area contributed by atoms with Gasteiger partial charge >= 0.3 is 0 Å². The van der Waals surface area contributed by atoms with Crippen LogP contribution in [0.25, 0.3) is 10.9 Å². The second-order valence-electron chi connectivity index (χ2n) is 6.48. The number of aromatic amines is 1. The van der Waals surface area contributed by atoms with Crippen LogP contribution >= 0.6 is 0 Å². The number of carbonyl (C=O) groups is 1. The van der Waals surface area contributed by atoms with Gasteiger partial charge in [0, 0.05) is 17.0 Å². The van der Waals surface area contributed by atoms with Gasteiger partial charge in [-0.3, -0.25) is 9.59 Å². The van der Waals surface area contributed by atoms with Crippen molar-refractivity contribution in [1.29, 1.82) is 0 Å². The van der Waals surface area contributed by atoms with Crippen LogP contribution in [0.4, 0.5) is 0 Å². The molecule has 0 bridgehead atoms. The molecule has 0 atom stereocenters. The van der Waals surface area contributed by atoms with E-state index in [9.17, 15) is 9.59 Å². The lowest BCUT2D eigenvalue weighted by Crippen LogP contribution is -3.18. The zero-order valence-corrected chi connectivity index (χ0v) is 14.3. The number of para-hydroxylation sites is 1. The Kier molecular flexibility index (Phi) is 5.55. The van der Waals surface area contributed by atoms with Crippen LogP contribution < -0.4 is 15.8 Å². The standard InChI is InChI=1S/C18H25N3O2/c1-12(2)21(13(3)4)10-9-19-18(23)15-11-17(22)20-16-8-6-5-7-14(15)16/h5-8,11-13H,9-10H2,1-4H3,(H,19,23)(H,20,22)/p+1. The Balaban J connectivity index is 2.11. The maximum atomic E-state index is 12.5. The Hall–Kier alpha value is -2.14. The molecule has 0 saturated carbocycles. The fourth-order valence-corrected chi connectivity index (χ4v) is 3.05. The summed E-state index contributed by atoms with van der Waals surface area (Å²) in [7, 11) is 0. The van der Waals surface area contributed by atoms with E-state index in [-0.39, 0.29) is 11.5 Å². The van der Waals surface area contributed by atoms with E-state index in [1.54, 1.807) is 6.07 Å². The summed E-state index contributed by atoms with van der Waals surface area (Å²) >= 11 is 0. The Labute approximate surface area is 136 Å². The van der Waals surface area contributed by atoms with Crippen molar-refractivity contribution in [1.82, 2.24) is 10.3 Å². The summed E-state index contributed by atoms with van der Waals surface area (Å²) < 4.78 is 0. The van der Waals surface area contributed by atoms with Crippen molar-refractivity contribution in [2.45, 2.75) is 39.8 Å². The minimum atomic E-state index is -0.259. The predicted octanol–water partition coefficient (Wildman–Crippen LogP) is 0.960. The average molecular weight is 316 g/mol. The van der Waals surface area contributed by atoms with Crippen molar-refractivity contribution >= 4 is 16.8 Å². The van der Waals surface area contributed by atoms with E-state index in [1.807, 2.05) is 18.2 Å². The van der Waals surface area contributed by atoms with Gasteiger partial charge in [0.15, 0.2) is 0 Å². The maximum Gasteiger partial charge on any atom is 0.252 e. The summed E-state index contributed by atoms with van der Waals surface area (Å²) in [6.07, 6.45) is 0. The third kappa shape index (κ3) is 4.20. The molecule has 0 radical (unpaired) electrons. The monoisotopic (exact) mass is 316 g/mol. The molecular weight excluding hydrogens is 290 g/mol. The number of fused-ring (bicyclic) bond motifs is 1. The number of rotatable bonds is 6. The largest absolute Gasteiger partial charge is 0.346 e. The Morgan fingerprint density at radius 2 is 1.83 bits per heavy atom. The van der Waals surface area contributed by atoms with Gasteiger partial charge in [-0.1, -0.05) is 18.2 Å². The zero-order chi connectivity index (χ0) is 17.0. The number of quaternary nitrogens is 1. The van der Waals surface area contributed by atoms with E-state index in [2.05, 4.69) is 38.0 Å². The summed E-state index contributed by atoms with van der Waals surface area (Å²) in [5, 5.41) is 3.71. The van der Waals surface area contributed by atoms with Crippen molar-refractivity contribution < 1.29 is 9.69 Å². The van der Waals surface area contributed by atoms with Gasteiger partial charge in [-0.05, 0) is 33.8 Å². The van der Waals surface area contributed by atoms with E-state index < -0.39 is 0 Å².